The molecule has 0 aromatic rings. The van der Waals surface area contributed by atoms with Gasteiger partial charge in [0.1, 0.15) is 0 Å². The van der Waals surface area contributed by atoms with Gasteiger partial charge in [-0.15, -0.1) is 0 Å². The summed E-state index contributed by atoms with van der Waals surface area (Å²) < 4.78 is 0. The lowest BCUT2D eigenvalue weighted by atomic mass is 11.5. The van der Waals surface area contributed by atoms with Crippen molar-refractivity contribution in [2.24, 2.45) is 0 Å². The van der Waals surface area contributed by atoms with Crippen LogP contribution in [-0.4, -0.2) is 33.8 Å². The summed E-state index contributed by atoms with van der Waals surface area (Å²) in [6.07, 6.45) is -6.25. The molecule has 0 aliphatic rings. The second-order valence-corrected chi connectivity index (χ2v) is 0.798. The summed E-state index contributed by atoms with van der Waals surface area (Å²) in [5, 5.41) is 45.9. The topological polar surface area (TPSA) is 291 Å². The maximum Gasteiger partial charge on any atom is 0.249 e. The van der Waals surface area contributed by atoms with Crippen molar-refractivity contribution in [1.82, 2.24) is 18.5 Å². The van der Waals surface area contributed by atoms with E-state index in [1.165, 1.54) is 0 Å². The molecular weight excluding hydrogens is 222 g/mol. The standard InChI is InChI=1S/3CH2O3.3H3N/c3*2-1(3)4;;;/h3*(H2,2,3,4);3*1H3. The first-order valence-electron chi connectivity index (χ1n) is 1.90. The van der Waals surface area contributed by atoms with Crippen LogP contribution in [0.25, 0.3) is 0 Å². The molecule has 15 N–H and O–H groups in total. The first-order valence-corrected chi connectivity index (χ1v) is 1.90. The van der Waals surface area contributed by atoms with Crippen molar-refractivity contribution in [2.75, 3.05) is 0 Å². The van der Waals surface area contributed by atoms with Crippen LogP contribution in [0.1, 0.15) is 0 Å². The lowest BCUT2D eigenvalue weighted by Gasteiger charge is -1.74. The highest BCUT2D eigenvalue weighted by Gasteiger charge is 1.51. The molecule has 12 heteroatoms. The average molecular weight is 237 g/mol. The Labute approximate surface area is 83.1 Å². The fourth-order valence-electron chi connectivity index (χ4n) is 0. The van der Waals surface area contributed by atoms with Crippen molar-refractivity contribution in [3.63, 3.8) is 0 Å². The summed E-state index contributed by atoms with van der Waals surface area (Å²) in [6.45, 7) is 0. The Kier molecular flexibility index (Phi) is 77.1. The molecule has 0 aliphatic heterocycles. The number of quaternary nitrogens is 3. The minimum atomic E-state index is -2.08. The molecule has 15 heavy (non-hydrogen) atoms. The quantitative estimate of drug-likeness (QED) is 0.265. The minimum absolute atomic E-state index is 0. The van der Waals surface area contributed by atoms with Crippen molar-refractivity contribution >= 4 is 18.5 Å². The van der Waals surface area contributed by atoms with Crippen molar-refractivity contribution in [1.29, 1.82) is 0 Å². The summed E-state index contributed by atoms with van der Waals surface area (Å²) in [7, 11) is 0. The van der Waals surface area contributed by atoms with Crippen LogP contribution >= 0.6 is 0 Å². The Morgan fingerprint density at radius 1 is 0.600 bits per heavy atom. The van der Waals surface area contributed by atoms with Crippen LogP contribution in [0.3, 0.4) is 0 Å². The van der Waals surface area contributed by atoms with Crippen LogP contribution in [0, 0.1) is 0 Å². The van der Waals surface area contributed by atoms with Crippen LogP contribution in [0.15, 0.2) is 0 Å². The minimum Gasteiger partial charge on any atom is -0.565 e. The highest BCUT2D eigenvalue weighted by molar-refractivity contribution is 5.50. The molecule has 12 nitrogen and oxygen atoms in total. The molecule has 0 fully saturated rings. The smallest absolute Gasteiger partial charge is 0.249 e. The van der Waals surface area contributed by atoms with Gasteiger partial charge in [-0.1, -0.05) is 0 Å². The monoisotopic (exact) mass is 237 g/mol. The molecular formula is C3H15N3O9. The van der Waals surface area contributed by atoms with Gasteiger partial charge in [0.15, 0.2) is 0 Å². The van der Waals surface area contributed by atoms with Gasteiger partial charge in [0.25, 0.3) is 0 Å². The molecule has 0 rings (SSSR count). The zero-order valence-electron chi connectivity index (χ0n) is 8.29. The van der Waals surface area contributed by atoms with E-state index in [0.717, 1.165) is 0 Å². The zero-order chi connectivity index (χ0) is 10.7. The van der Waals surface area contributed by atoms with Crippen LogP contribution in [0.4, 0.5) is 14.4 Å². The van der Waals surface area contributed by atoms with E-state index in [0.29, 0.717) is 0 Å². The van der Waals surface area contributed by atoms with Gasteiger partial charge in [0.05, 0.1) is 0 Å². The van der Waals surface area contributed by atoms with E-state index in [9.17, 15) is 0 Å². The molecule has 0 saturated carbocycles. The van der Waals surface area contributed by atoms with E-state index in [1.54, 1.807) is 0 Å². The van der Waals surface area contributed by atoms with Crippen LogP contribution < -0.4 is 33.8 Å². The fourth-order valence-corrected chi connectivity index (χ4v) is 0. The molecule has 0 saturated heterocycles. The summed E-state index contributed by atoms with van der Waals surface area (Å²) in [4.78, 5) is 25.3. The van der Waals surface area contributed by atoms with Gasteiger partial charge in [0, 0.05) is 0 Å². The average Bonchev–Trinajstić information content (AvgIpc) is 1.54. The van der Waals surface area contributed by atoms with E-state index in [2.05, 4.69) is 0 Å². The van der Waals surface area contributed by atoms with E-state index in [-0.39, 0.29) is 18.5 Å². The van der Waals surface area contributed by atoms with Crippen molar-refractivity contribution in [3.8, 4) is 0 Å². The molecule has 0 unspecified atom stereocenters. The van der Waals surface area contributed by atoms with Gasteiger partial charge in [0.2, 0.25) is 18.5 Å². The third-order valence-electron chi connectivity index (χ3n) is 0. The van der Waals surface area contributed by atoms with E-state index in [1.807, 2.05) is 0 Å². The Morgan fingerprint density at radius 2 is 0.600 bits per heavy atom. The highest BCUT2D eigenvalue weighted by atomic mass is 16.6. The van der Waals surface area contributed by atoms with Crippen molar-refractivity contribution < 1.29 is 45.0 Å². The largest absolute Gasteiger partial charge is 0.565 e. The highest BCUT2D eigenvalue weighted by Crippen LogP contribution is 1.33. The molecule has 0 amide bonds. The second-order valence-electron chi connectivity index (χ2n) is 0.798. The predicted molar refractivity (Wildman–Crippen MR) is 42.0 cm³/mol. The summed E-state index contributed by atoms with van der Waals surface area (Å²) in [6, 6.07) is 0. The normalized spacial score (nSPS) is 4.80. The molecule has 0 aromatic heterocycles. The molecule has 96 valence electrons. The second kappa shape index (κ2) is 29.8. The Balaban J connectivity index is -0.0000000184. The van der Waals surface area contributed by atoms with Gasteiger partial charge >= 0.3 is 0 Å². The zero-order valence-corrected chi connectivity index (χ0v) is 8.29. The Bertz CT molecular complexity index is 118. The van der Waals surface area contributed by atoms with E-state index in [4.69, 9.17) is 45.0 Å². The molecule has 0 aromatic carbocycles. The Hall–Kier alpha value is -2.31. The third-order valence-corrected chi connectivity index (χ3v) is 0. The van der Waals surface area contributed by atoms with Crippen LogP contribution in [-0.2, 0) is 0 Å². The number of hydrogen-bond acceptors (Lipinski definition) is 6. The number of rotatable bonds is 0. The number of hydrogen-bond donors (Lipinski definition) is 6. The molecule has 0 heterocycles. The molecule has 0 aliphatic carbocycles. The summed E-state index contributed by atoms with van der Waals surface area (Å²) >= 11 is 0. The van der Waals surface area contributed by atoms with Gasteiger partial charge in [-0.25, -0.2) is 0 Å². The van der Waals surface area contributed by atoms with E-state index < -0.39 is 18.5 Å². The lowest BCUT2D eigenvalue weighted by molar-refractivity contribution is -0.276. The Morgan fingerprint density at radius 3 is 0.600 bits per heavy atom. The van der Waals surface area contributed by atoms with Crippen LogP contribution in [0.5, 0.6) is 0 Å². The SMILES string of the molecule is O=C([O-])O.O=C([O-])O.O=C([O-])O.[NH4+].[NH4+].[NH4+]. The summed E-state index contributed by atoms with van der Waals surface area (Å²) in [5.74, 6) is 0. The summed E-state index contributed by atoms with van der Waals surface area (Å²) in [5.41, 5.74) is 0. The maximum atomic E-state index is 8.44. The predicted octanol–water partition coefficient (Wildman–Crippen LogP) is -2.21. The first-order chi connectivity index (χ1) is 5.20. The fraction of sp³-hybridized carbons (Fsp3) is 0. The van der Waals surface area contributed by atoms with E-state index >= 15 is 0 Å². The van der Waals surface area contributed by atoms with Crippen LogP contribution in [0.2, 0.25) is 0 Å². The maximum absolute atomic E-state index is 8.44. The van der Waals surface area contributed by atoms with Crippen molar-refractivity contribution in [3.05, 3.63) is 0 Å². The molecule has 0 bridgehead atoms. The lowest BCUT2D eigenvalue weighted by Crippen LogP contribution is -2.17. The molecule has 0 atom stereocenters. The number of carboxylic acid groups (broad SMARTS) is 6. The first kappa shape index (κ1) is 38.7. The van der Waals surface area contributed by atoms with Crippen molar-refractivity contribution in [2.45, 2.75) is 0 Å². The van der Waals surface area contributed by atoms with Gasteiger partial charge < -0.3 is 63.5 Å². The van der Waals surface area contributed by atoms with Gasteiger partial charge in [-0.05, 0) is 0 Å². The molecule has 0 spiro atoms. The van der Waals surface area contributed by atoms with Gasteiger partial charge in [-0.3, -0.25) is 0 Å². The third kappa shape index (κ3) is 206. The number of carbonyl (C=O) groups is 3. The molecule has 0 radical (unpaired) electrons. The van der Waals surface area contributed by atoms with Gasteiger partial charge in [-0.2, -0.15) is 0 Å².